The standard InChI is InChI=1S/C18H16ClN3O4S2/c1-28(24,25)15-8-2-12(3-9-15)10-20-16(23)11-27-18-22-21-17(26-18)13-4-6-14(19)7-5-13/h2-9H,10-11H2,1H3,(H,20,23). The van der Waals surface area contributed by atoms with Crippen molar-refractivity contribution in [3.05, 3.63) is 59.1 Å². The summed E-state index contributed by atoms with van der Waals surface area (Å²) in [5.41, 5.74) is 1.54. The third kappa shape index (κ3) is 5.57. The fraction of sp³-hybridized carbons (Fsp3) is 0.167. The number of thioether (sulfide) groups is 1. The Morgan fingerprint density at radius 3 is 2.43 bits per heavy atom. The second-order valence-corrected chi connectivity index (χ2v) is 9.24. The van der Waals surface area contributed by atoms with Gasteiger partial charge < -0.3 is 9.73 Å². The largest absolute Gasteiger partial charge is 0.411 e. The van der Waals surface area contributed by atoms with E-state index in [9.17, 15) is 13.2 Å². The molecule has 0 spiro atoms. The van der Waals surface area contributed by atoms with E-state index in [-0.39, 0.29) is 21.8 Å². The Hall–Kier alpha value is -2.36. The van der Waals surface area contributed by atoms with Gasteiger partial charge in [0.2, 0.25) is 11.8 Å². The SMILES string of the molecule is CS(=O)(=O)c1ccc(CNC(=O)CSc2nnc(-c3ccc(Cl)cc3)o2)cc1. The van der Waals surface area contributed by atoms with E-state index in [1.54, 1.807) is 36.4 Å². The Bertz CT molecular complexity index is 1060. The smallest absolute Gasteiger partial charge is 0.277 e. The maximum absolute atomic E-state index is 12.0. The van der Waals surface area contributed by atoms with Crippen LogP contribution >= 0.6 is 23.4 Å². The first-order valence-electron chi connectivity index (χ1n) is 8.09. The molecule has 1 amide bonds. The molecule has 2 aromatic carbocycles. The number of nitrogens with zero attached hydrogens (tertiary/aromatic N) is 2. The van der Waals surface area contributed by atoms with Crippen LogP contribution in [0.5, 0.6) is 0 Å². The van der Waals surface area contributed by atoms with Gasteiger partial charge >= 0.3 is 0 Å². The van der Waals surface area contributed by atoms with Crippen LogP contribution < -0.4 is 5.32 Å². The Labute approximate surface area is 171 Å². The monoisotopic (exact) mass is 437 g/mol. The lowest BCUT2D eigenvalue weighted by atomic mass is 10.2. The average molecular weight is 438 g/mol. The Morgan fingerprint density at radius 2 is 1.79 bits per heavy atom. The van der Waals surface area contributed by atoms with Crippen molar-refractivity contribution in [3.63, 3.8) is 0 Å². The molecule has 1 heterocycles. The molecule has 0 aliphatic rings. The zero-order chi connectivity index (χ0) is 20.1. The molecule has 3 rings (SSSR count). The fourth-order valence-electron chi connectivity index (χ4n) is 2.21. The van der Waals surface area contributed by atoms with E-state index in [0.29, 0.717) is 17.5 Å². The zero-order valence-electron chi connectivity index (χ0n) is 14.8. The molecule has 0 aliphatic carbocycles. The average Bonchev–Trinajstić information content (AvgIpc) is 3.14. The normalized spacial score (nSPS) is 11.4. The maximum atomic E-state index is 12.0. The van der Waals surface area contributed by atoms with Crippen molar-refractivity contribution in [1.82, 2.24) is 15.5 Å². The van der Waals surface area contributed by atoms with Gasteiger partial charge in [-0.25, -0.2) is 8.42 Å². The summed E-state index contributed by atoms with van der Waals surface area (Å²) in [6.45, 7) is 0.295. The number of benzene rings is 2. The van der Waals surface area contributed by atoms with Gasteiger partial charge in [0.05, 0.1) is 10.6 Å². The van der Waals surface area contributed by atoms with Crippen LogP contribution in [0.3, 0.4) is 0 Å². The summed E-state index contributed by atoms with van der Waals surface area (Å²) in [7, 11) is -3.23. The van der Waals surface area contributed by atoms with Crippen molar-refractivity contribution in [2.45, 2.75) is 16.7 Å². The van der Waals surface area contributed by atoms with Crippen LogP contribution in [0.4, 0.5) is 0 Å². The highest BCUT2D eigenvalue weighted by molar-refractivity contribution is 7.99. The number of nitrogens with one attached hydrogen (secondary N) is 1. The lowest BCUT2D eigenvalue weighted by Gasteiger charge is -2.05. The quantitative estimate of drug-likeness (QED) is 0.566. The Balaban J connectivity index is 1.49. The number of amides is 1. The minimum absolute atomic E-state index is 0.115. The molecule has 7 nitrogen and oxygen atoms in total. The third-order valence-corrected chi connectivity index (χ3v) is 5.86. The molecule has 0 saturated heterocycles. The highest BCUT2D eigenvalue weighted by atomic mass is 35.5. The van der Waals surface area contributed by atoms with E-state index in [4.69, 9.17) is 16.0 Å². The highest BCUT2D eigenvalue weighted by Crippen LogP contribution is 2.24. The minimum Gasteiger partial charge on any atom is -0.411 e. The molecule has 1 N–H and O–H groups in total. The number of hydrogen-bond donors (Lipinski definition) is 1. The molecule has 0 fully saturated rings. The van der Waals surface area contributed by atoms with Crippen LogP contribution in [0.2, 0.25) is 5.02 Å². The lowest BCUT2D eigenvalue weighted by Crippen LogP contribution is -2.24. The van der Waals surface area contributed by atoms with E-state index in [1.165, 1.54) is 12.1 Å². The predicted molar refractivity (Wildman–Crippen MR) is 107 cm³/mol. The van der Waals surface area contributed by atoms with Gasteiger partial charge in [0.1, 0.15) is 0 Å². The lowest BCUT2D eigenvalue weighted by molar-refractivity contribution is -0.118. The molecule has 0 atom stereocenters. The molecule has 0 unspecified atom stereocenters. The van der Waals surface area contributed by atoms with Crippen LogP contribution in [0, 0.1) is 0 Å². The van der Waals surface area contributed by atoms with Gasteiger partial charge in [0.15, 0.2) is 9.84 Å². The molecular formula is C18H16ClN3O4S2. The number of rotatable bonds is 7. The number of halogens is 1. The van der Waals surface area contributed by atoms with Gasteiger partial charge in [-0.3, -0.25) is 4.79 Å². The van der Waals surface area contributed by atoms with E-state index in [2.05, 4.69) is 15.5 Å². The highest BCUT2D eigenvalue weighted by Gasteiger charge is 2.11. The van der Waals surface area contributed by atoms with Crippen molar-refractivity contribution < 1.29 is 17.6 Å². The molecule has 0 radical (unpaired) electrons. The third-order valence-electron chi connectivity index (χ3n) is 3.67. The van der Waals surface area contributed by atoms with Crippen molar-refractivity contribution >= 4 is 39.1 Å². The number of carbonyl (C=O) groups is 1. The van der Waals surface area contributed by atoms with Gasteiger partial charge in [0, 0.05) is 23.4 Å². The van der Waals surface area contributed by atoms with E-state index >= 15 is 0 Å². The van der Waals surface area contributed by atoms with Crippen LogP contribution in [0.15, 0.2) is 63.1 Å². The Kier molecular flexibility index (Phi) is 6.38. The number of hydrogen-bond acceptors (Lipinski definition) is 7. The van der Waals surface area contributed by atoms with Gasteiger partial charge in [-0.05, 0) is 42.0 Å². The molecule has 0 saturated carbocycles. The molecule has 3 aromatic rings. The van der Waals surface area contributed by atoms with E-state index in [0.717, 1.165) is 29.1 Å². The minimum atomic E-state index is -3.23. The van der Waals surface area contributed by atoms with Crippen LogP contribution in [-0.4, -0.2) is 36.5 Å². The zero-order valence-corrected chi connectivity index (χ0v) is 17.1. The number of carbonyl (C=O) groups excluding carboxylic acids is 1. The summed E-state index contributed by atoms with van der Waals surface area (Å²) >= 11 is 6.98. The molecule has 146 valence electrons. The fourth-order valence-corrected chi connectivity index (χ4v) is 3.56. The van der Waals surface area contributed by atoms with Gasteiger partial charge in [0.25, 0.3) is 5.22 Å². The molecule has 1 aromatic heterocycles. The topological polar surface area (TPSA) is 102 Å². The summed E-state index contributed by atoms with van der Waals surface area (Å²) in [6, 6.07) is 13.4. The molecule has 28 heavy (non-hydrogen) atoms. The van der Waals surface area contributed by atoms with E-state index < -0.39 is 9.84 Å². The summed E-state index contributed by atoms with van der Waals surface area (Å²) in [6.07, 6.45) is 1.15. The molecule has 10 heteroatoms. The van der Waals surface area contributed by atoms with Crippen molar-refractivity contribution in [2.75, 3.05) is 12.0 Å². The van der Waals surface area contributed by atoms with Gasteiger partial charge in [-0.15, -0.1) is 10.2 Å². The van der Waals surface area contributed by atoms with Crippen LogP contribution in [0.1, 0.15) is 5.56 Å². The second-order valence-electron chi connectivity index (χ2n) is 5.86. The predicted octanol–water partition coefficient (Wildman–Crippen LogP) is 3.20. The molecule has 0 aliphatic heterocycles. The summed E-state index contributed by atoms with van der Waals surface area (Å²) in [5.74, 6) is 0.262. The van der Waals surface area contributed by atoms with Gasteiger partial charge in [-0.1, -0.05) is 35.5 Å². The molecule has 0 bridgehead atoms. The van der Waals surface area contributed by atoms with Crippen molar-refractivity contribution in [3.8, 4) is 11.5 Å². The van der Waals surface area contributed by atoms with E-state index in [1.807, 2.05) is 0 Å². The number of sulfone groups is 1. The first-order valence-corrected chi connectivity index (χ1v) is 11.3. The van der Waals surface area contributed by atoms with Crippen molar-refractivity contribution in [1.29, 1.82) is 0 Å². The first-order chi connectivity index (χ1) is 13.3. The first kappa shape index (κ1) is 20.4. The summed E-state index contributed by atoms with van der Waals surface area (Å²) < 4.78 is 28.4. The number of aromatic nitrogens is 2. The van der Waals surface area contributed by atoms with Crippen molar-refractivity contribution in [2.24, 2.45) is 0 Å². The maximum Gasteiger partial charge on any atom is 0.277 e. The summed E-state index contributed by atoms with van der Waals surface area (Å²) in [4.78, 5) is 12.2. The molecular weight excluding hydrogens is 422 g/mol. The second kappa shape index (κ2) is 8.76. The van der Waals surface area contributed by atoms with Gasteiger partial charge in [-0.2, -0.15) is 0 Å². The van der Waals surface area contributed by atoms with Crippen LogP contribution in [-0.2, 0) is 21.2 Å². The Morgan fingerprint density at radius 1 is 1.11 bits per heavy atom. The van der Waals surface area contributed by atoms with Crippen LogP contribution in [0.25, 0.3) is 11.5 Å². The summed E-state index contributed by atoms with van der Waals surface area (Å²) in [5, 5.41) is 11.5.